The van der Waals surface area contributed by atoms with Crippen LogP contribution in [0.25, 0.3) is 0 Å². The molecular formula is C13H25NO2. The van der Waals surface area contributed by atoms with Crippen LogP contribution in [0.15, 0.2) is 0 Å². The van der Waals surface area contributed by atoms with Gasteiger partial charge in [0.1, 0.15) is 0 Å². The zero-order valence-electron chi connectivity index (χ0n) is 10.4. The van der Waals surface area contributed by atoms with Crippen LogP contribution in [0.4, 0.5) is 0 Å². The molecule has 0 radical (unpaired) electrons. The molecule has 3 heteroatoms. The van der Waals surface area contributed by atoms with Crippen molar-refractivity contribution in [3.05, 3.63) is 0 Å². The van der Waals surface area contributed by atoms with Crippen molar-refractivity contribution in [1.82, 2.24) is 5.32 Å². The molecule has 2 N–H and O–H groups in total. The summed E-state index contributed by atoms with van der Waals surface area (Å²) in [6.45, 7) is 3.82. The molecule has 1 spiro atoms. The fourth-order valence-corrected chi connectivity index (χ4v) is 2.83. The fraction of sp³-hybridized carbons (Fsp3) is 1.00. The number of rotatable bonds is 5. The van der Waals surface area contributed by atoms with E-state index in [9.17, 15) is 5.11 Å². The Morgan fingerprint density at radius 3 is 2.94 bits per heavy atom. The molecule has 2 rings (SSSR count). The molecule has 2 fully saturated rings. The second-order valence-corrected chi connectivity index (χ2v) is 5.52. The van der Waals surface area contributed by atoms with Crippen molar-refractivity contribution in [2.24, 2.45) is 0 Å². The summed E-state index contributed by atoms with van der Waals surface area (Å²) in [5.41, 5.74) is 0.250. The molecule has 2 atom stereocenters. The summed E-state index contributed by atoms with van der Waals surface area (Å²) < 4.78 is 5.90. The van der Waals surface area contributed by atoms with Crippen LogP contribution in [0.1, 0.15) is 51.9 Å². The monoisotopic (exact) mass is 227 g/mol. The first kappa shape index (κ1) is 12.3. The van der Waals surface area contributed by atoms with Gasteiger partial charge in [0, 0.05) is 12.6 Å². The Kier molecular flexibility index (Phi) is 4.22. The Bertz CT molecular complexity index is 214. The standard InChI is InChI=1S/C13H25NO2/c1-11(15)4-2-8-14-12-5-9-16-13(10-12)6-3-7-13/h11-12,14-15H,2-10H2,1H3. The molecule has 0 bridgehead atoms. The molecule has 0 aromatic carbocycles. The third kappa shape index (κ3) is 3.19. The first-order valence-corrected chi connectivity index (χ1v) is 6.76. The molecular weight excluding hydrogens is 202 g/mol. The van der Waals surface area contributed by atoms with Crippen molar-refractivity contribution in [3.63, 3.8) is 0 Å². The number of hydrogen-bond acceptors (Lipinski definition) is 3. The summed E-state index contributed by atoms with van der Waals surface area (Å²) in [6.07, 6.45) is 8.03. The van der Waals surface area contributed by atoms with Gasteiger partial charge in [0.15, 0.2) is 0 Å². The van der Waals surface area contributed by atoms with Gasteiger partial charge in [0.05, 0.1) is 11.7 Å². The Labute approximate surface area is 98.6 Å². The zero-order chi connectivity index (χ0) is 11.4. The fourth-order valence-electron chi connectivity index (χ4n) is 2.83. The van der Waals surface area contributed by atoms with Gasteiger partial charge in [0.25, 0.3) is 0 Å². The lowest BCUT2D eigenvalue weighted by molar-refractivity contribution is -0.135. The number of aliphatic hydroxyl groups is 1. The van der Waals surface area contributed by atoms with Gasteiger partial charge < -0.3 is 15.2 Å². The highest BCUT2D eigenvalue weighted by atomic mass is 16.5. The van der Waals surface area contributed by atoms with Crippen molar-refractivity contribution in [2.75, 3.05) is 13.2 Å². The third-order valence-corrected chi connectivity index (χ3v) is 3.99. The van der Waals surface area contributed by atoms with Gasteiger partial charge in [-0.1, -0.05) is 0 Å². The van der Waals surface area contributed by atoms with Gasteiger partial charge in [-0.3, -0.25) is 0 Å². The van der Waals surface area contributed by atoms with E-state index in [2.05, 4.69) is 5.32 Å². The summed E-state index contributed by atoms with van der Waals surface area (Å²) in [5.74, 6) is 0. The van der Waals surface area contributed by atoms with Crippen molar-refractivity contribution in [1.29, 1.82) is 0 Å². The highest BCUT2D eigenvalue weighted by molar-refractivity contribution is 4.95. The predicted molar refractivity (Wildman–Crippen MR) is 64.5 cm³/mol. The molecule has 1 saturated heterocycles. The van der Waals surface area contributed by atoms with Crippen LogP contribution in [-0.4, -0.2) is 36.0 Å². The highest BCUT2D eigenvalue weighted by Gasteiger charge is 2.42. The molecule has 1 aliphatic heterocycles. The number of nitrogens with one attached hydrogen (secondary N) is 1. The summed E-state index contributed by atoms with van der Waals surface area (Å²) >= 11 is 0. The van der Waals surface area contributed by atoms with Crippen molar-refractivity contribution >= 4 is 0 Å². The first-order valence-electron chi connectivity index (χ1n) is 6.76. The zero-order valence-corrected chi connectivity index (χ0v) is 10.4. The minimum absolute atomic E-state index is 0.158. The van der Waals surface area contributed by atoms with Gasteiger partial charge in [-0.25, -0.2) is 0 Å². The molecule has 0 amide bonds. The van der Waals surface area contributed by atoms with E-state index in [0.29, 0.717) is 6.04 Å². The highest BCUT2D eigenvalue weighted by Crippen LogP contribution is 2.42. The molecule has 2 unspecified atom stereocenters. The van der Waals surface area contributed by atoms with E-state index < -0.39 is 0 Å². The van der Waals surface area contributed by atoms with E-state index in [1.807, 2.05) is 6.92 Å². The van der Waals surface area contributed by atoms with Crippen LogP contribution in [0.3, 0.4) is 0 Å². The van der Waals surface area contributed by atoms with E-state index in [-0.39, 0.29) is 11.7 Å². The smallest absolute Gasteiger partial charge is 0.0697 e. The average Bonchev–Trinajstić information content (AvgIpc) is 2.22. The topological polar surface area (TPSA) is 41.5 Å². The lowest BCUT2D eigenvalue weighted by Gasteiger charge is -2.47. The van der Waals surface area contributed by atoms with E-state index >= 15 is 0 Å². The number of aliphatic hydroxyl groups excluding tert-OH is 1. The van der Waals surface area contributed by atoms with E-state index in [4.69, 9.17) is 4.74 Å². The predicted octanol–water partition coefficient (Wildman–Crippen LogP) is 1.84. The normalized spacial score (nSPS) is 30.0. The molecule has 16 heavy (non-hydrogen) atoms. The second-order valence-electron chi connectivity index (χ2n) is 5.52. The van der Waals surface area contributed by atoms with Gasteiger partial charge >= 0.3 is 0 Å². The van der Waals surface area contributed by atoms with Crippen LogP contribution in [0.2, 0.25) is 0 Å². The number of ether oxygens (including phenoxy) is 1. The summed E-state index contributed by atoms with van der Waals surface area (Å²) in [6, 6.07) is 0.642. The van der Waals surface area contributed by atoms with Gasteiger partial charge in [-0.05, 0) is 58.4 Å². The molecule has 1 aliphatic carbocycles. The minimum atomic E-state index is -0.158. The molecule has 0 aromatic rings. The lowest BCUT2D eigenvalue weighted by atomic mass is 9.74. The van der Waals surface area contributed by atoms with Crippen molar-refractivity contribution in [3.8, 4) is 0 Å². The molecule has 1 saturated carbocycles. The Morgan fingerprint density at radius 1 is 1.50 bits per heavy atom. The van der Waals surface area contributed by atoms with Crippen LogP contribution in [0.5, 0.6) is 0 Å². The number of hydrogen-bond donors (Lipinski definition) is 2. The molecule has 0 aromatic heterocycles. The van der Waals surface area contributed by atoms with Crippen LogP contribution < -0.4 is 5.32 Å². The van der Waals surface area contributed by atoms with Crippen molar-refractivity contribution in [2.45, 2.75) is 69.6 Å². The van der Waals surface area contributed by atoms with E-state index in [1.54, 1.807) is 0 Å². The molecule has 1 heterocycles. The van der Waals surface area contributed by atoms with Gasteiger partial charge in [-0.2, -0.15) is 0 Å². The summed E-state index contributed by atoms with van der Waals surface area (Å²) in [4.78, 5) is 0. The van der Waals surface area contributed by atoms with Gasteiger partial charge in [0.2, 0.25) is 0 Å². The van der Waals surface area contributed by atoms with E-state index in [0.717, 1.165) is 32.4 Å². The molecule has 2 aliphatic rings. The minimum Gasteiger partial charge on any atom is -0.393 e. The molecule has 94 valence electrons. The summed E-state index contributed by atoms with van der Waals surface area (Å²) in [5, 5.41) is 12.8. The average molecular weight is 227 g/mol. The first-order chi connectivity index (χ1) is 7.70. The molecule has 3 nitrogen and oxygen atoms in total. The largest absolute Gasteiger partial charge is 0.393 e. The SMILES string of the molecule is CC(O)CCCNC1CCOC2(CCC2)C1. The second kappa shape index (κ2) is 5.48. The maximum absolute atomic E-state index is 9.17. The van der Waals surface area contributed by atoms with Crippen LogP contribution in [0, 0.1) is 0 Å². The maximum Gasteiger partial charge on any atom is 0.0697 e. The Morgan fingerprint density at radius 2 is 2.31 bits per heavy atom. The van der Waals surface area contributed by atoms with E-state index in [1.165, 1.54) is 25.7 Å². The van der Waals surface area contributed by atoms with Crippen LogP contribution in [-0.2, 0) is 4.74 Å². The summed E-state index contributed by atoms with van der Waals surface area (Å²) in [7, 11) is 0. The van der Waals surface area contributed by atoms with Gasteiger partial charge in [-0.15, -0.1) is 0 Å². The maximum atomic E-state index is 9.17. The lowest BCUT2D eigenvalue weighted by Crippen LogP contribution is -2.51. The Hall–Kier alpha value is -0.120. The van der Waals surface area contributed by atoms with Crippen LogP contribution >= 0.6 is 0 Å². The quantitative estimate of drug-likeness (QED) is 0.704. The Balaban J connectivity index is 1.62. The van der Waals surface area contributed by atoms with Crippen molar-refractivity contribution < 1.29 is 9.84 Å². The third-order valence-electron chi connectivity index (χ3n) is 3.99.